The second kappa shape index (κ2) is 42.9. The van der Waals surface area contributed by atoms with Crippen LogP contribution in [0.25, 0.3) is 0 Å². The van der Waals surface area contributed by atoms with Gasteiger partial charge in [0.2, 0.25) is 0 Å². The van der Waals surface area contributed by atoms with Crippen molar-refractivity contribution < 1.29 is 75.1 Å². The van der Waals surface area contributed by atoms with Crippen LogP contribution in [-0.2, 0) is 86.8 Å². The summed E-state index contributed by atoms with van der Waals surface area (Å²) in [5.74, 6) is 0. The van der Waals surface area contributed by atoms with E-state index in [0.717, 1.165) is 0 Å². The van der Waals surface area contributed by atoms with Crippen molar-refractivity contribution in [3.8, 4) is 0 Å². The van der Waals surface area contributed by atoms with Crippen molar-refractivity contribution in [2.75, 3.05) is 0 Å². The molecular weight excluding hydrogens is 373 g/mol. The smallest absolute Gasteiger partial charge is 0 e. The third-order valence-electron chi connectivity index (χ3n) is 0. The molecule has 0 aromatic rings. The first-order valence-electron chi connectivity index (χ1n) is 0.183. The van der Waals surface area contributed by atoms with Gasteiger partial charge in [-0.2, -0.15) is 0 Å². The molecule has 0 heterocycles. The molecule has 0 nitrogen and oxygen atoms in total. The molecule has 0 aromatic carbocycles. The number of hydrogen-bond acceptors (Lipinski definition) is 2. The summed E-state index contributed by atoms with van der Waals surface area (Å²) >= 11 is 6.89. The molecule has 0 bridgehead atoms. The summed E-state index contributed by atoms with van der Waals surface area (Å²) in [6.45, 7) is 0. The van der Waals surface area contributed by atoms with Crippen LogP contribution in [-0.4, -0.2) is 0 Å². The van der Waals surface area contributed by atoms with E-state index in [4.69, 9.17) is 0 Å². The third-order valence-corrected chi connectivity index (χ3v) is 0. The van der Waals surface area contributed by atoms with Crippen LogP contribution in [0.15, 0.2) is 0 Å². The summed E-state index contributed by atoms with van der Waals surface area (Å²) in [5, 5.41) is 0. The van der Waals surface area contributed by atoms with Gasteiger partial charge < -0.3 is 23.3 Å². The summed E-state index contributed by atoms with van der Waals surface area (Å²) < 4.78 is 0. The van der Waals surface area contributed by atoms with Crippen LogP contribution < -0.4 is 0 Å². The van der Waals surface area contributed by atoms with Crippen molar-refractivity contribution in [1.82, 2.24) is 0 Å². The maximum absolute atomic E-state index is 3.78. The minimum absolute atomic E-state index is 0. The fourth-order valence-corrected chi connectivity index (χ4v) is 0. The second-order valence-corrected chi connectivity index (χ2v) is 0. The first kappa shape index (κ1) is 35.7. The summed E-state index contributed by atoms with van der Waals surface area (Å²) in [7, 11) is 0. The molecule has 0 atom stereocenters. The molecule has 0 aliphatic carbocycles. The van der Waals surface area contributed by atoms with E-state index in [-0.39, 0.29) is 75.1 Å². The summed E-state index contributed by atoms with van der Waals surface area (Å²) in [6, 6.07) is 0. The van der Waals surface area contributed by atoms with E-state index in [2.05, 4.69) is 23.3 Å². The molecule has 0 fully saturated rings. The minimum Gasteiger partial charge on any atom is -0.723 e. The summed E-state index contributed by atoms with van der Waals surface area (Å²) in [6.07, 6.45) is 0. The van der Waals surface area contributed by atoms with E-state index < -0.39 is 0 Å². The Hall–Kier alpha value is 3.06. The molecule has 0 saturated heterocycles. The molecule has 0 aliphatic rings. The second-order valence-electron chi connectivity index (χ2n) is 0. The molecule has 0 radical (unpaired) electrons. The number of rotatable bonds is 0. The monoisotopic (exact) mass is 377 g/mol. The van der Waals surface area contributed by atoms with Crippen molar-refractivity contribution in [2.45, 2.75) is 0 Å². The van der Waals surface area contributed by atoms with Gasteiger partial charge in [-0.15, -0.1) is 0 Å². The van der Waals surface area contributed by atoms with Crippen LogP contribution in [0.1, 0.15) is 0 Å². The molecule has 0 spiro atoms. The normalized spacial score (nSPS) is 1.00. The van der Waals surface area contributed by atoms with Gasteiger partial charge >= 0.3 is 0 Å². The Morgan fingerprint density at radius 1 is 0.833 bits per heavy atom. The molecule has 0 unspecified atom stereocenters. The van der Waals surface area contributed by atoms with Gasteiger partial charge in [-0.25, -0.2) is 0 Å². The number of thiol groups is 1. The molecule has 0 saturated carbocycles. The molecule has 0 aromatic heterocycles. The van der Waals surface area contributed by atoms with Crippen molar-refractivity contribution in [2.24, 2.45) is 0 Å². The zero-order valence-electron chi connectivity index (χ0n) is 2.30. The Kier molecular flexibility index (Phi) is 255. The predicted octanol–water partition coefficient (Wildman–Crippen LogP) is 0.368. The van der Waals surface area contributed by atoms with Crippen molar-refractivity contribution >= 4 is 23.3 Å². The largest absolute Gasteiger partial charge is 0.723 e. The average Bonchev–Trinajstić information content (AvgIpc) is 1.00. The zero-order chi connectivity index (χ0) is 2.00. The first-order chi connectivity index (χ1) is 1.00. The van der Waals surface area contributed by atoms with Gasteiger partial charge in [0.05, 0.1) is 0 Å². The van der Waals surface area contributed by atoms with Crippen LogP contribution in [0.4, 0.5) is 0 Å². The SMILES string of the molecule is [Mo].[Mo].[Ni].[Ni].[S-]S. The topological polar surface area (TPSA) is 0 Å². The minimum atomic E-state index is 0. The predicted molar refractivity (Wildman–Crippen MR) is 16.4 cm³/mol. The summed E-state index contributed by atoms with van der Waals surface area (Å²) in [5.41, 5.74) is 0. The van der Waals surface area contributed by atoms with Gasteiger partial charge in [-0.3, -0.25) is 0 Å². The van der Waals surface area contributed by atoms with Crippen LogP contribution in [0.5, 0.6) is 0 Å². The van der Waals surface area contributed by atoms with Gasteiger partial charge in [0, 0.05) is 75.1 Å². The van der Waals surface area contributed by atoms with Crippen molar-refractivity contribution in [3.05, 3.63) is 0 Å². The van der Waals surface area contributed by atoms with Crippen molar-refractivity contribution in [1.29, 1.82) is 0 Å². The Morgan fingerprint density at radius 2 is 0.833 bits per heavy atom. The van der Waals surface area contributed by atoms with Crippen LogP contribution >= 0.6 is 11.7 Å². The molecule has 0 amide bonds. The maximum atomic E-state index is 3.78. The van der Waals surface area contributed by atoms with E-state index in [9.17, 15) is 0 Å². The Balaban J connectivity index is -0.000000000833. The Labute approximate surface area is 97.0 Å². The van der Waals surface area contributed by atoms with E-state index in [1.54, 1.807) is 0 Å². The third kappa shape index (κ3) is 27.7. The zero-order valence-corrected chi connectivity index (χ0v) is 10.0. The molecule has 46 valence electrons. The Morgan fingerprint density at radius 3 is 0.833 bits per heavy atom. The fraction of sp³-hybridized carbons (Fsp3) is 0. The van der Waals surface area contributed by atoms with E-state index >= 15 is 0 Å². The molecule has 0 N–H and O–H groups in total. The summed E-state index contributed by atoms with van der Waals surface area (Å²) in [4.78, 5) is 0. The fourth-order valence-electron chi connectivity index (χ4n) is 0. The van der Waals surface area contributed by atoms with Gasteiger partial charge in [0.25, 0.3) is 0 Å². The maximum Gasteiger partial charge on any atom is 0 e. The van der Waals surface area contributed by atoms with E-state index in [1.165, 1.54) is 0 Å². The molecule has 6 heavy (non-hydrogen) atoms. The van der Waals surface area contributed by atoms with Crippen molar-refractivity contribution in [3.63, 3.8) is 0 Å². The molecule has 0 aliphatic heterocycles. The van der Waals surface area contributed by atoms with Gasteiger partial charge in [-0.1, -0.05) is 0 Å². The number of hydrogen-bond donors (Lipinski definition) is 1. The van der Waals surface area contributed by atoms with Crippen LogP contribution in [0, 0.1) is 0 Å². The standard InChI is InChI=1S/2Mo.2Ni.H2S2/c;;;;1-2/h;;;;1-2H/p-1. The molecule has 0 rings (SSSR count). The molecule has 6 heteroatoms. The quantitative estimate of drug-likeness (QED) is 0.277. The average molecular weight is 374 g/mol. The first-order valence-corrected chi connectivity index (χ1v) is 1.64. The van der Waals surface area contributed by atoms with E-state index in [0.29, 0.717) is 0 Å². The van der Waals surface area contributed by atoms with Gasteiger partial charge in [0.1, 0.15) is 0 Å². The Bertz CT molecular complexity index is 9.51. The van der Waals surface area contributed by atoms with Gasteiger partial charge in [0.15, 0.2) is 0 Å². The van der Waals surface area contributed by atoms with Crippen LogP contribution in [0.2, 0.25) is 0 Å². The van der Waals surface area contributed by atoms with Crippen LogP contribution in [0.3, 0.4) is 0 Å². The molecular formula is HMo2Ni2S2-. The van der Waals surface area contributed by atoms with E-state index in [1.807, 2.05) is 0 Å². The van der Waals surface area contributed by atoms with Gasteiger partial charge in [-0.05, 0) is 0 Å².